The van der Waals surface area contributed by atoms with E-state index in [1.807, 2.05) is 36.4 Å². The number of para-hydroxylation sites is 1. The van der Waals surface area contributed by atoms with Gasteiger partial charge in [0.15, 0.2) is 11.5 Å². The molecule has 2 aromatic heterocycles. The van der Waals surface area contributed by atoms with E-state index in [0.717, 1.165) is 38.1 Å². The van der Waals surface area contributed by atoms with E-state index in [0.29, 0.717) is 16.9 Å². The lowest BCUT2D eigenvalue weighted by Crippen LogP contribution is -2.06. The molecule has 1 aliphatic rings. The number of rotatable bonds is 0. The highest BCUT2D eigenvalue weighted by atomic mass is 16.7. The summed E-state index contributed by atoms with van der Waals surface area (Å²) in [6, 6.07) is 15.9. The minimum Gasteiger partial charge on any atom is -0.454 e. The fraction of sp³-hybridized carbons (Fsp3) is 0.0500. The monoisotopic (exact) mass is 328 g/mol. The van der Waals surface area contributed by atoms with Crippen molar-refractivity contribution < 1.29 is 9.47 Å². The van der Waals surface area contributed by atoms with Crippen LogP contribution < -0.4 is 15.0 Å². The van der Waals surface area contributed by atoms with Gasteiger partial charge in [-0.15, -0.1) is 0 Å². The molecule has 0 saturated carbocycles. The molecule has 0 unspecified atom stereocenters. The topological polar surface area (TPSA) is 67.1 Å². The Bertz CT molecular complexity index is 1400. The Hall–Kier alpha value is -3.47. The maximum atomic E-state index is 12.6. The van der Waals surface area contributed by atoms with Gasteiger partial charge in [0.05, 0.1) is 5.52 Å². The number of pyridine rings is 1. The Morgan fingerprint density at radius 1 is 0.680 bits per heavy atom. The van der Waals surface area contributed by atoms with Gasteiger partial charge in [-0.3, -0.25) is 4.79 Å². The van der Waals surface area contributed by atoms with Gasteiger partial charge in [-0.1, -0.05) is 18.2 Å². The molecule has 0 atom stereocenters. The van der Waals surface area contributed by atoms with Gasteiger partial charge in [0.1, 0.15) is 0 Å². The van der Waals surface area contributed by atoms with E-state index in [1.165, 1.54) is 0 Å². The summed E-state index contributed by atoms with van der Waals surface area (Å²) in [6.07, 6.45) is 0. The summed E-state index contributed by atoms with van der Waals surface area (Å²) in [5, 5.41) is 4.77. The van der Waals surface area contributed by atoms with Gasteiger partial charge in [0.2, 0.25) is 6.79 Å². The summed E-state index contributed by atoms with van der Waals surface area (Å²) in [5.41, 5.74) is 2.66. The lowest BCUT2D eigenvalue weighted by atomic mass is 10.0. The second kappa shape index (κ2) is 4.33. The zero-order valence-electron chi connectivity index (χ0n) is 13.1. The molecular weight excluding hydrogens is 316 g/mol. The molecule has 0 spiro atoms. The molecule has 6 rings (SSSR count). The lowest BCUT2D eigenvalue weighted by molar-refractivity contribution is 0.174. The first-order valence-electron chi connectivity index (χ1n) is 8.08. The van der Waals surface area contributed by atoms with Crippen LogP contribution in [0.2, 0.25) is 0 Å². The first-order chi connectivity index (χ1) is 12.3. The maximum Gasteiger partial charge on any atom is 0.256 e. The van der Waals surface area contributed by atoms with Crippen LogP contribution in [0.1, 0.15) is 0 Å². The predicted octanol–water partition coefficient (Wildman–Crippen LogP) is 4.04. The molecule has 0 amide bonds. The van der Waals surface area contributed by atoms with Gasteiger partial charge in [0.25, 0.3) is 5.56 Å². The van der Waals surface area contributed by atoms with Crippen molar-refractivity contribution in [3.63, 3.8) is 0 Å². The summed E-state index contributed by atoms with van der Waals surface area (Å²) >= 11 is 0. The summed E-state index contributed by atoms with van der Waals surface area (Å²) < 4.78 is 10.9. The van der Waals surface area contributed by atoms with Crippen molar-refractivity contribution in [2.45, 2.75) is 0 Å². The average molecular weight is 328 g/mol. The molecule has 0 aliphatic carbocycles. The zero-order valence-corrected chi connectivity index (χ0v) is 13.1. The van der Waals surface area contributed by atoms with Crippen molar-refractivity contribution in [1.29, 1.82) is 0 Å². The number of aromatic amines is 2. The van der Waals surface area contributed by atoms with Gasteiger partial charge < -0.3 is 19.4 Å². The molecule has 5 nitrogen and oxygen atoms in total. The number of fused-ring (bicyclic) bond motifs is 7. The van der Waals surface area contributed by atoms with Crippen LogP contribution in [0.15, 0.2) is 53.3 Å². The average Bonchev–Trinajstić information content (AvgIpc) is 3.22. The third-order valence-corrected chi connectivity index (χ3v) is 4.94. The number of hydrogen-bond acceptors (Lipinski definition) is 3. The Balaban J connectivity index is 1.85. The molecule has 5 aromatic rings. The van der Waals surface area contributed by atoms with Crippen LogP contribution in [0, 0.1) is 0 Å². The lowest BCUT2D eigenvalue weighted by Gasteiger charge is -2.06. The molecule has 0 saturated heterocycles. The summed E-state index contributed by atoms with van der Waals surface area (Å²) in [4.78, 5) is 19.0. The number of hydrogen-bond donors (Lipinski definition) is 2. The summed E-state index contributed by atoms with van der Waals surface area (Å²) in [5.74, 6) is 1.37. The van der Waals surface area contributed by atoms with Crippen LogP contribution >= 0.6 is 0 Å². The van der Waals surface area contributed by atoms with Crippen LogP contribution in [0.5, 0.6) is 11.5 Å². The molecule has 5 heteroatoms. The molecule has 0 radical (unpaired) electrons. The maximum absolute atomic E-state index is 12.6. The molecule has 120 valence electrons. The highest BCUT2D eigenvalue weighted by Crippen LogP contribution is 2.38. The van der Waals surface area contributed by atoms with E-state index in [9.17, 15) is 4.79 Å². The Morgan fingerprint density at radius 3 is 2.36 bits per heavy atom. The largest absolute Gasteiger partial charge is 0.454 e. The summed E-state index contributed by atoms with van der Waals surface area (Å²) in [7, 11) is 0. The smallest absolute Gasteiger partial charge is 0.256 e. The third kappa shape index (κ3) is 1.64. The number of ether oxygens (including phenoxy) is 2. The van der Waals surface area contributed by atoms with E-state index in [4.69, 9.17) is 9.47 Å². The molecular formula is C20H12N2O3. The van der Waals surface area contributed by atoms with Crippen LogP contribution in [0.25, 0.3) is 43.5 Å². The minimum atomic E-state index is -0.109. The highest BCUT2D eigenvalue weighted by molar-refractivity contribution is 6.16. The minimum absolute atomic E-state index is 0.109. The number of H-pyrrole nitrogens is 2. The van der Waals surface area contributed by atoms with Crippen molar-refractivity contribution in [2.24, 2.45) is 0 Å². The number of nitrogens with one attached hydrogen (secondary N) is 2. The Morgan fingerprint density at radius 2 is 1.44 bits per heavy atom. The van der Waals surface area contributed by atoms with Crippen molar-refractivity contribution in [1.82, 2.24) is 9.97 Å². The number of aromatic nitrogens is 2. The molecule has 25 heavy (non-hydrogen) atoms. The third-order valence-electron chi connectivity index (χ3n) is 4.94. The van der Waals surface area contributed by atoms with Crippen molar-refractivity contribution in [3.05, 3.63) is 58.9 Å². The van der Waals surface area contributed by atoms with Gasteiger partial charge in [-0.05, 0) is 29.7 Å². The fourth-order valence-electron chi connectivity index (χ4n) is 3.77. The van der Waals surface area contributed by atoms with Crippen molar-refractivity contribution in [3.8, 4) is 11.5 Å². The number of benzene rings is 3. The predicted molar refractivity (Wildman–Crippen MR) is 97.6 cm³/mol. The van der Waals surface area contributed by atoms with Crippen LogP contribution in [-0.4, -0.2) is 16.8 Å². The zero-order chi connectivity index (χ0) is 16.5. The van der Waals surface area contributed by atoms with Crippen LogP contribution in [0.3, 0.4) is 0 Å². The Labute approximate surface area is 140 Å². The first kappa shape index (κ1) is 12.9. The second-order valence-electron chi connectivity index (χ2n) is 6.32. The SMILES string of the molecule is O=c1[nH]c2cc3c(cc2c2cc4c(cc12)[nH]c1ccccc14)OCO3. The van der Waals surface area contributed by atoms with E-state index >= 15 is 0 Å². The standard InChI is InChI=1S/C20H12N2O3/c23-20-14-6-16-12(10-3-1-2-4-15(10)21-16)5-11(14)13-7-18-19(25-9-24-18)8-17(13)22-20/h1-8,21H,9H2,(H,22,23). The second-order valence-corrected chi connectivity index (χ2v) is 6.32. The molecule has 0 fully saturated rings. The van der Waals surface area contributed by atoms with Crippen LogP contribution in [0.4, 0.5) is 0 Å². The van der Waals surface area contributed by atoms with Gasteiger partial charge >= 0.3 is 0 Å². The van der Waals surface area contributed by atoms with E-state index < -0.39 is 0 Å². The van der Waals surface area contributed by atoms with Gasteiger partial charge in [0, 0.05) is 38.6 Å². The van der Waals surface area contributed by atoms with E-state index in [1.54, 1.807) is 0 Å². The fourth-order valence-corrected chi connectivity index (χ4v) is 3.77. The van der Waals surface area contributed by atoms with Gasteiger partial charge in [-0.2, -0.15) is 0 Å². The Kier molecular flexibility index (Phi) is 2.23. The highest BCUT2D eigenvalue weighted by Gasteiger charge is 2.17. The van der Waals surface area contributed by atoms with E-state index in [2.05, 4.69) is 22.1 Å². The molecule has 3 heterocycles. The van der Waals surface area contributed by atoms with Crippen LogP contribution in [-0.2, 0) is 0 Å². The van der Waals surface area contributed by atoms with Gasteiger partial charge in [-0.25, -0.2) is 0 Å². The molecule has 3 aromatic carbocycles. The quantitative estimate of drug-likeness (QED) is 0.422. The molecule has 0 bridgehead atoms. The normalized spacial score (nSPS) is 13.4. The first-order valence-corrected chi connectivity index (χ1v) is 8.08. The van der Waals surface area contributed by atoms with Crippen molar-refractivity contribution in [2.75, 3.05) is 6.79 Å². The molecule has 1 aliphatic heterocycles. The summed E-state index contributed by atoms with van der Waals surface area (Å²) in [6.45, 7) is 0.209. The molecule has 2 N–H and O–H groups in total. The van der Waals surface area contributed by atoms with E-state index in [-0.39, 0.29) is 12.4 Å². The van der Waals surface area contributed by atoms with Crippen molar-refractivity contribution >= 4 is 43.5 Å².